The van der Waals surface area contributed by atoms with E-state index in [1.165, 1.54) is 7.11 Å². The number of carbonyl (C=O) groups is 2. The highest BCUT2D eigenvalue weighted by Gasteiger charge is 2.20. The Morgan fingerprint density at radius 1 is 1.26 bits per heavy atom. The van der Waals surface area contributed by atoms with Crippen molar-refractivity contribution in [3.8, 4) is 0 Å². The van der Waals surface area contributed by atoms with Gasteiger partial charge in [0.05, 0.1) is 24.8 Å². The zero-order valence-corrected chi connectivity index (χ0v) is 12.9. The van der Waals surface area contributed by atoms with Gasteiger partial charge in [0.1, 0.15) is 0 Å². The van der Waals surface area contributed by atoms with Crippen LogP contribution < -0.4 is 5.32 Å². The minimum absolute atomic E-state index is 0.0184. The molecule has 2 aromatic rings. The van der Waals surface area contributed by atoms with Crippen LogP contribution in [0, 0.1) is 24.4 Å². The predicted octanol–water partition coefficient (Wildman–Crippen LogP) is 2.84. The van der Waals surface area contributed by atoms with Crippen molar-refractivity contribution in [2.24, 2.45) is 0 Å². The van der Waals surface area contributed by atoms with Gasteiger partial charge in [-0.1, -0.05) is 0 Å². The molecular weight excluding hydrogens is 333 g/mol. The molecule has 0 saturated carbocycles. The number of nitrogens with one attached hydrogen (secondary N) is 1. The lowest BCUT2D eigenvalue weighted by Gasteiger charge is -2.04. The van der Waals surface area contributed by atoms with E-state index in [1.54, 1.807) is 6.92 Å². The minimum Gasteiger partial charge on any atom is -0.469 e. The van der Waals surface area contributed by atoms with Crippen LogP contribution in [0.4, 0.5) is 18.3 Å². The molecule has 0 bridgehead atoms. The van der Waals surface area contributed by atoms with Crippen LogP contribution in [0.15, 0.2) is 12.1 Å². The number of methoxy groups -OCH3 is 1. The van der Waals surface area contributed by atoms with E-state index in [4.69, 9.17) is 0 Å². The Bertz CT molecular complexity index is 777. The maximum atomic E-state index is 13.6. The van der Waals surface area contributed by atoms with Gasteiger partial charge < -0.3 is 4.74 Å². The number of thiazole rings is 1. The fraction of sp³-hybridized carbons (Fsp3) is 0.214. The van der Waals surface area contributed by atoms with E-state index >= 15 is 0 Å². The Labute approximate surface area is 133 Å². The molecule has 1 heterocycles. The van der Waals surface area contributed by atoms with Gasteiger partial charge in [-0.3, -0.25) is 14.9 Å². The summed E-state index contributed by atoms with van der Waals surface area (Å²) >= 11 is 1.01. The Kier molecular flexibility index (Phi) is 4.99. The van der Waals surface area contributed by atoms with E-state index in [0.717, 1.165) is 17.4 Å². The van der Waals surface area contributed by atoms with Crippen LogP contribution in [0.3, 0.4) is 0 Å². The van der Waals surface area contributed by atoms with E-state index in [-0.39, 0.29) is 11.6 Å². The highest BCUT2D eigenvalue weighted by atomic mass is 32.1. The third kappa shape index (κ3) is 3.67. The lowest BCUT2D eigenvalue weighted by molar-refractivity contribution is -0.139. The molecule has 0 radical (unpaired) electrons. The highest BCUT2D eigenvalue weighted by Crippen LogP contribution is 2.24. The van der Waals surface area contributed by atoms with Crippen molar-refractivity contribution in [2.45, 2.75) is 13.3 Å². The van der Waals surface area contributed by atoms with E-state index < -0.39 is 34.9 Å². The number of ether oxygens (including phenoxy) is 1. The van der Waals surface area contributed by atoms with Crippen molar-refractivity contribution >= 4 is 28.3 Å². The molecule has 0 spiro atoms. The molecule has 1 amide bonds. The third-order valence-electron chi connectivity index (χ3n) is 2.93. The first-order chi connectivity index (χ1) is 10.8. The number of benzene rings is 1. The molecule has 122 valence electrons. The van der Waals surface area contributed by atoms with Gasteiger partial charge in [0.15, 0.2) is 22.6 Å². The van der Waals surface area contributed by atoms with Crippen molar-refractivity contribution in [3.63, 3.8) is 0 Å². The zero-order chi connectivity index (χ0) is 17.1. The predicted molar refractivity (Wildman–Crippen MR) is 76.8 cm³/mol. The first kappa shape index (κ1) is 16.9. The number of hydrogen-bond acceptors (Lipinski definition) is 5. The molecule has 0 aliphatic carbocycles. The molecule has 0 aliphatic heterocycles. The number of halogens is 3. The van der Waals surface area contributed by atoms with Crippen LogP contribution in [-0.4, -0.2) is 24.0 Å². The number of esters is 1. The van der Waals surface area contributed by atoms with Gasteiger partial charge in [0.25, 0.3) is 5.91 Å². The average molecular weight is 344 g/mol. The second-order valence-electron chi connectivity index (χ2n) is 4.46. The maximum absolute atomic E-state index is 13.6. The second-order valence-corrected chi connectivity index (χ2v) is 5.54. The largest absolute Gasteiger partial charge is 0.469 e. The van der Waals surface area contributed by atoms with E-state index in [0.29, 0.717) is 16.6 Å². The molecule has 0 atom stereocenters. The SMILES string of the molecule is COC(=O)Cc1sc(NC(=O)c2ccc(F)c(F)c2F)nc1C. The smallest absolute Gasteiger partial charge is 0.310 e. The first-order valence-electron chi connectivity index (χ1n) is 6.31. The van der Waals surface area contributed by atoms with Crippen molar-refractivity contribution in [1.29, 1.82) is 0 Å². The summed E-state index contributed by atoms with van der Waals surface area (Å²) in [6.45, 7) is 1.63. The Morgan fingerprint density at radius 2 is 1.96 bits per heavy atom. The molecule has 2 rings (SSSR count). The fourth-order valence-corrected chi connectivity index (χ4v) is 2.66. The Hall–Kier alpha value is -2.42. The fourth-order valence-electron chi connectivity index (χ4n) is 1.71. The summed E-state index contributed by atoms with van der Waals surface area (Å²) in [6.07, 6.45) is -0.0184. The van der Waals surface area contributed by atoms with Crippen LogP contribution in [-0.2, 0) is 16.0 Å². The Balaban J connectivity index is 2.20. The molecule has 5 nitrogen and oxygen atoms in total. The van der Waals surface area contributed by atoms with Crippen LogP contribution >= 0.6 is 11.3 Å². The van der Waals surface area contributed by atoms with Crippen molar-refractivity contribution in [2.75, 3.05) is 12.4 Å². The summed E-state index contributed by atoms with van der Waals surface area (Å²) in [5, 5.41) is 2.39. The molecule has 23 heavy (non-hydrogen) atoms. The van der Waals surface area contributed by atoms with Gasteiger partial charge in [0.2, 0.25) is 0 Å². The number of hydrogen-bond donors (Lipinski definition) is 1. The van der Waals surface area contributed by atoms with Gasteiger partial charge in [-0.2, -0.15) is 0 Å². The van der Waals surface area contributed by atoms with E-state index in [1.807, 2.05) is 0 Å². The van der Waals surface area contributed by atoms with Crippen molar-refractivity contribution in [3.05, 3.63) is 45.7 Å². The van der Waals surface area contributed by atoms with Gasteiger partial charge in [-0.15, -0.1) is 11.3 Å². The van der Waals surface area contributed by atoms with Crippen LogP contribution in [0.2, 0.25) is 0 Å². The first-order valence-corrected chi connectivity index (χ1v) is 7.13. The van der Waals surface area contributed by atoms with Crippen LogP contribution in [0.1, 0.15) is 20.9 Å². The molecule has 0 fully saturated rings. The van der Waals surface area contributed by atoms with Crippen LogP contribution in [0.25, 0.3) is 0 Å². The Morgan fingerprint density at radius 3 is 2.61 bits per heavy atom. The zero-order valence-electron chi connectivity index (χ0n) is 12.1. The summed E-state index contributed by atoms with van der Waals surface area (Å²) in [5.41, 5.74) is -0.146. The number of amides is 1. The summed E-state index contributed by atoms with van der Waals surface area (Å²) in [6, 6.07) is 1.49. The van der Waals surface area contributed by atoms with Crippen LogP contribution in [0.5, 0.6) is 0 Å². The summed E-state index contributed by atoms with van der Waals surface area (Å²) < 4.78 is 44.1. The molecule has 0 unspecified atom stereocenters. The summed E-state index contributed by atoms with van der Waals surface area (Å²) in [5.74, 6) is -6.13. The third-order valence-corrected chi connectivity index (χ3v) is 4.00. The number of aryl methyl sites for hydroxylation is 1. The second kappa shape index (κ2) is 6.78. The molecule has 1 aromatic heterocycles. The number of rotatable bonds is 4. The standard InChI is InChI=1S/C14H11F3N2O3S/c1-6-9(5-10(20)22-2)23-14(18-6)19-13(21)7-3-4-8(15)12(17)11(7)16/h3-4H,5H2,1-2H3,(H,18,19,21). The van der Waals surface area contributed by atoms with E-state index in [9.17, 15) is 22.8 Å². The normalized spacial score (nSPS) is 10.5. The quantitative estimate of drug-likeness (QED) is 0.684. The maximum Gasteiger partial charge on any atom is 0.310 e. The molecule has 0 aliphatic rings. The topological polar surface area (TPSA) is 68.3 Å². The lowest BCUT2D eigenvalue weighted by Crippen LogP contribution is -2.15. The molecule has 0 saturated heterocycles. The molecule has 9 heteroatoms. The average Bonchev–Trinajstić information content (AvgIpc) is 2.84. The lowest BCUT2D eigenvalue weighted by atomic mass is 10.2. The highest BCUT2D eigenvalue weighted by molar-refractivity contribution is 7.16. The number of nitrogens with zero attached hydrogens (tertiary/aromatic N) is 1. The molecule has 1 aromatic carbocycles. The van der Waals surface area contributed by atoms with Gasteiger partial charge in [0, 0.05) is 4.88 Å². The summed E-state index contributed by atoms with van der Waals surface area (Å²) in [7, 11) is 1.24. The molecule has 1 N–H and O–H groups in total. The van der Waals surface area contributed by atoms with Crippen molar-refractivity contribution in [1.82, 2.24) is 4.98 Å². The van der Waals surface area contributed by atoms with Gasteiger partial charge in [-0.05, 0) is 19.1 Å². The number of carbonyl (C=O) groups excluding carboxylic acids is 2. The van der Waals surface area contributed by atoms with Gasteiger partial charge >= 0.3 is 5.97 Å². The minimum atomic E-state index is -1.72. The monoisotopic (exact) mass is 344 g/mol. The molecular formula is C14H11F3N2O3S. The van der Waals surface area contributed by atoms with E-state index in [2.05, 4.69) is 15.0 Å². The number of aromatic nitrogens is 1. The summed E-state index contributed by atoms with van der Waals surface area (Å²) in [4.78, 5) is 27.8. The number of anilines is 1. The van der Waals surface area contributed by atoms with Crippen molar-refractivity contribution < 1.29 is 27.5 Å². The van der Waals surface area contributed by atoms with Gasteiger partial charge in [-0.25, -0.2) is 18.2 Å².